The largest absolute Gasteiger partial charge is 0.264 e. The first kappa shape index (κ1) is 20.5. The van der Waals surface area contributed by atoms with Crippen LogP contribution in [0, 0.1) is 12.7 Å². The van der Waals surface area contributed by atoms with Crippen molar-refractivity contribution in [2.75, 3.05) is 16.2 Å². The van der Waals surface area contributed by atoms with Gasteiger partial charge in [0.2, 0.25) is 0 Å². The lowest BCUT2D eigenvalue weighted by Gasteiger charge is -2.14. The van der Waals surface area contributed by atoms with Crippen LogP contribution in [0.5, 0.6) is 0 Å². The van der Waals surface area contributed by atoms with E-state index in [0.29, 0.717) is 12.1 Å². The Bertz CT molecular complexity index is 1280. The van der Waals surface area contributed by atoms with E-state index in [9.17, 15) is 21.2 Å². The van der Waals surface area contributed by atoms with Crippen molar-refractivity contribution >= 4 is 25.7 Å². The highest BCUT2D eigenvalue weighted by molar-refractivity contribution is 7.92. The summed E-state index contributed by atoms with van der Waals surface area (Å²) in [7, 11) is -7.22. The van der Waals surface area contributed by atoms with Crippen LogP contribution < -0.4 is 4.72 Å². The van der Waals surface area contributed by atoms with Crippen LogP contribution in [-0.2, 0) is 19.9 Å². The molecule has 10 heteroatoms. The van der Waals surface area contributed by atoms with Gasteiger partial charge in [-0.05, 0) is 37.6 Å². The van der Waals surface area contributed by atoms with E-state index in [1.165, 1.54) is 16.8 Å². The van der Waals surface area contributed by atoms with E-state index in [0.717, 1.165) is 23.3 Å². The molecule has 0 amide bonds. The minimum Gasteiger partial charge on any atom is -0.264 e. The van der Waals surface area contributed by atoms with Crippen LogP contribution in [0.4, 0.5) is 10.2 Å². The molecule has 1 fully saturated rings. The second-order valence-electron chi connectivity index (χ2n) is 7.34. The molecule has 0 aliphatic carbocycles. The molecule has 1 aliphatic heterocycles. The van der Waals surface area contributed by atoms with Crippen molar-refractivity contribution in [2.24, 2.45) is 0 Å². The maximum Gasteiger partial charge on any atom is 0.263 e. The standard InChI is InChI=1S/C20H20FN3O4S2/c1-14-2-4-15(5-3-14)19-12-20(24(22-19)17-10-11-29(25,26)13-17)23-30(27,28)18-8-6-16(21)7-9-18/h2-9,12,17,23H,10-11,13H2,1H3/t17-/m0/s1. The van der Waals surface area contributed by atoms with E-state index in [1.54, 1.807) is 6.07 Å². The van der Waals surface area contributed by atoms with Crippen LogP contribution in [0.3, 0.4) is 0 Å². The molecular formula is C20H20FN3O4S2. The van der Waals surface area contributed by atoms with Crippen molar-refractivity contribution in [1.82, 2.24) is 9.78 Å². The van der Waals surface area contributed by atoms with Gasteiger partial charge in [-0.2, -0.15) is 5.10 Å². The summed E-state index contributed by atoms with van der Waals surface area (Å²) in [5.41, 5.74) is 2.37. The predicted octanol–water partition coefficient (Wildman–Crippen LogP) is 3.16. The number of aryl methyl sites for hydroxylation is 1. The number of halogens is 1. The van der Waals surface area contributed by atoms with Gasteiger partial charge in [0, 0.05) is 11.6 Å². The Balaban J connectivity index is 1.75. The van der Waals surface area contributed by atoms with Crippen LogP contribution >= 0.6 is 0 Å². The molecule has 0 bridgehead atoms. The van der Waals surface area contributed by atoms with Gasteiger partial charge in [0.05, 0.1) is 28.1 Å². The Hall–Kier alpha value is -2.72. The zero-order valence-corrected chi connectivity index (χ0v) is 17.7. The van der Waals surface area contributed by atoms with Crippen molar-refractivity contribution in [1.29, 1.82) is 0 Å². The molecule has 0 spiro atoms. The van der Waals surface area contributed by atoms with E-state index in [2.05, 4.69) is 9.82 Å². The van der Waals surface area contributed by atoms with Crippen molar-refractivity contribution in [2.45, 2.75) is 24.3 Å². The van der Waals surface area contributed by atoms with Gasteiger partial charge < -0.3 is 0 Å². The van der Waals surface area contributed by atoms with Gasteiger partial charge in [0.25, 0.3) is 10.0 Å². The zero-order chi connectivity index (χ0) is 21.5. The summed E-state index contributed by atoms with van der Waals surface area (Å²) in [5, 5.41) is 4.51. The number of hydrogen-bond acceptors (Lipinski definition) is 5. The second-order valence-corrected chi connectivity index (χ2v) is 11.3. The van der Waals surface area contributed by atoms with Gasteiger partial charge in [-0.25, -0.2) is 25.9 Å². The highest BCUT2D eigenvalue weighted by atomic mass is 32.2. The van der Waals surface area contributed by atoms with Crippen molar-refractivity contribution in [3.05, 3.63) is 66.0 Å². The molecule has 1 saturated heterocycles. The molecule has 1 aromatic heterocycles. The molecule has 1 aliphatic rings. The Morgan fingerprint density at radius 2 is 1.77 bits per heavy atom. The topological polar surface area (TPSA) is 98.1 Å². The molecule has 0 unspecified atom stereocenters. The first-order chi connectivity index (χ1) is 14.1. The first-order valence-electron chi connectivity index (χ1n) is 9.28. The third-order valence-corrected chi connectivity index (χ3v) is 8.12. The molecule has 4 rings (SSSR count). The van der Waals surface area contributed by atoms with Crippen LogP contribution in [0.2, 0.25) is 0 Å². The lowest BCUT2D eigenvalue weighted by molar-refractivity contribution is 0.507. The number of hydrogen-bond donors (Lipinski definition) is 1. The van der Waals surface area contributed by atoms with Crippen LogP contribution in [0.1, 0.15) is 18.0 Å². The number of benzene rings is 2. The monoisotopic (exact) mass is 449 g/mol. The van der Waals surface area contributed by atoms with Crippen molar-refractivity contribution in [3.8, 4) is 11.3 Å². The van der Waals surface area contributed by atoms with E-state index in [1.807, 2.05) is 31.2 Å². The second kappa shape index (κ2) is 7.51. The minimum absolute atomic E-state index is 0.0293. The average molecular weight is 450 g/mol. The number of rotatable bonds is 5. The van der Waals surface area contributed by atoms with Gasteiger partial charge in [-0.1, -0.05) is 29.8 Å². The number of nitrogens with zero attached hydrogens (tertiary/aromatic N) is 2. The van der Waals surface area contributed by atoms with E-state index in [-0.39, 0.29) is 22.2 Å². The fourth-order valence-electron chi connectivity index (χ4n) is 3.39. The molecular weight excluding hydrogens is 429 g/mol. The molecule has 7 nitrogen and oxygen atoms in total. The van der Waals surface area contributed by atoms with Crippen LogP contribution in [0.25, 0.3) is 11.3 Å². The first-order valence-corrected chi connectivity index (χ1v) is 12.6. The smallest absolute Gasteiger partial charge is 0.263 e. The Morgan fingerprint density at radius 3 is 2.37 bits per heavy atom. The molecule has 0 saturated carbocycles. The fourth-order valence-corrected chi connectivity index (χ4v) is 6.13. The number of aromatic nitrogens is 2. The van der Waals surface area contributed by atoms with Gasteiger partial charge >= 0.3 is 0 Å². The number of sulfonamides is 1. The molecule has 0 radical (unpaired) electrons. The summed E-state index contributed by atoms with van der Waals surface area (Å²) >= 11 is 0. The summed E-state index contributed by atoms with van der Waals surface area (Å²) in [5.74, 6) is -0.455. The zero-order valence-electron chi connectivity index (χ0n) is 16.1. The molecule has 3 aromatic rings. The fraction of sp³-hybridized carbons (Fsp3) is 0.250. The summed E-state index contributed by atoms with van der Waals surface area (Å²) in [6.45, 7) is 1.95. The normalized spacial score (nSPS) is 18.4. The Kier molecular flexibility index (Phi) is 5.15. The van der Waals surface area contributed by atoms with Gasteiger partial charge in [0.15, 0.2) is 9.84 Å². The summed E-state index contributed by atoms with van der Waals surface area (Å²) in [6.07, 6.45) is 0.350. The number of sulfone groups is 1. The SMILES string of the molecule is Cc1ccc(-c2cc(NS(=O)(=O)c3ccc(F)cc3)n([C@H]3CCS(=O)(=O)C3)n2)cc1. The third kappa shape index (κ3) is 4.24. The molecule has 1 atom stereocenters. The summed E-state index contributed by atoms with van der Waals surface area (Å²) in [4.78, 5) is -0.104. The third-order valence-electron chi connectivity index (χ3n) is 5.00. The molecule has 30 heavy (non-hydrogen) atoms. The van der Waals surface area contributed by atoms with Gasteiger partial charge in [-0.3, -0.25) is 4.72 Å². The van der Waals surface area contributed by atoms with Gasteiger partial charge in [0.1, 0.15) is 11.6 Å². The molecule has 158 valence electrons. The minimum atomic E-state index is -4.01. The maximum atomic E-state index is 13.2. The lowest BCUT2D eigenvalue weighted by Crippen LogP contribution is -2.20. The number of anilines is 1. The van der Waals surface area contributed by atoms with Crippen LogP contribution in [-0.4, -0.2) is 38.1 Å². The van der Waals surface area contributed by atoms with E-state index < -0.39 is 31.7 Å². The average Bonchev–Trinajstić information content (AvgIpc) is 3.25. The highest BCUT2D eigenvalue weighted by Gasteiger charge is 2.32. The molecule has 2 aromatic carbocycles. The maximum absolute atomic E-state index is 13.2. The van der Waals surface area contributed by atoms with Crippen molar-refractivity contribution in [3.63, 3.8) is 0 Å². The summed E-state index contributed by atoms with van der Waals surface area (Å²) < 4.78 is 66.6. The van der Waals surface area contributed by atoms with Crippen LogP contribution in [0.15, 0.2) is 59.5 Å². The quantitative estimate of drug-likeness (QED) is 0.645. The van der Waals surface area contributed by atoms with E-state index in [4.69, 9.17) is 0 Å². The lowest BCUT2D eigenvalue weighted by atomic mass is 10.1. The highest BCUT2D eigenvalue weighted by Crippen LogP contribution is 2.31. The van der Waals surface area contributed by atoms with Crippen molar-refractivity contribution < 1.29 is 21.2 Å². The Morgan fingerprint density at radius 1 is 1.10 bits per heavy atom. The number of nitrogens with one attached hydrogen (secondary N) is 1. The van der Waals surface area contributed by atoms with E-state index >= 15 is 0 Å². The summed E-state index contributed by atoms with van der Waals surface area (Å²) in [6, 6.07) is 13.1. The predicted molar refractivity (Wildman–Crippen MR) is 112 cm³/mol. The molecule has 1 N–H and O–H groups in total. The Labute approximate surface area is 174 Å². The molecule has 2 heterocycles. The van der Waals surface area contributed by atoms with Gasteiger partial charge in [-0.15, -0.1) is 0 Å².